The van der Waals surface area contributed by atoms with Crippen LogP contribution in [0.4, 0.5) is 0 Å². The number of esters is 2. The molecule has 0 aromatic rings. The molecule has 0 aromatic carbocycles. The number of unbranched alkanes of at least 4 members (excludes halogenated alkanes) is 10. The van der Waals surface area contributed by atoms with Crippen LogP contribution in [0.2, 0.25) is 0 Å². The van der Waals surface area contributed by atoms with Gasteiger partial charge in [-0.1, -0.05) is 78.1 Å². The molecule has 1 aliphatic rings. The van der Waals surface area contributed by atoms with Crippen LogP contribution in [0.5, 0.6) is 0 Å². The van der Waals surface area contributed by atoms with E-state index in [9.17, 15) is 30.0 Å². The number of hydrogen-bond acceptors (Lipinski definition) is 10. The molecule has 212 valence electrons. The van der Waals surface area contributed by atoms with Gasteiger partial charge in [0.25, 0.3) is 0 Å². The van der Waals surface area contributed by atoms with Gasteiger partial charge in [-0.3, -0.25) is 9.59 Å². The van der Waals surface area contributed by atoms with Crippen molar-refractivity contribution in [1.29, 1.82) is 0 Å². The largest absolute Gasteiger partial charge is 0.462 e. The number of ether oxygens (including phenoxy) is 4. The van der Waals surface area contributed by atoms with Crippen molar-refractivity contribution in [3.63, 3.8) is 0 Å². The zero-order valence-electron chi connectivity index (χ0n) is 22.0. The number of hydrogen-bond donors (Lipinski definition) is 4. The molecule has 0 aromatic heterocycles. The highest BCUT2D eigenvalue weighted by Crippen LogP contribution is 2.22. The van der Waals surface area contributed by atoms with Crippen molar-refractivity contribution in [3.05, 3.63) is 0 Å². The summed E-state index contributed by atoms with van der Waals surface area (Å²) in [4.78, 5) is 23.9. The third-order valence-electron chi connectivity index (χ3n) is 6.30. The Morgan fingerprint density at radius 1 is 0.778 bits per heavy atom. The number of aliphatic hydroxyl groups excluding tert-OH is 4. The third-order valence-corrected chi connectivity index (χ3v) is 6.30. The fourth-order valence-corrected chi connectivity index (χ4v) is 3.99. The van der Waals surface area contributed by atoms with Crippen molar-refractivity contribution in [3.8, 4) is 0 Å². The summed E-state index contributed by atoms with van der Waals surface area (Å²) in [6.07, 6.45) is 5.16. The van der Waals surface area contributed by atoms with Crippen LogP contribution in [0.3, 0.4) is 0 Å². The lowest BCUT2D eigenvalue weighted by Gasteiger charge is -2.39. The molecule has 6 unspecified atom stereocenters. The molecule has 6 atom stereocenters. The van der Waals surface area contributed by atoms with Crippen LogP contribution in [0.1, 0.15) is 97.3 Å². The summed E-state index contributed by atoms with van der Waals surface area (Å²) in [5.41, 5.74) is 0. The summed E-state index contributed by atoms with van der Waals surface area (Å²) in [7, 11) is 0. The minimum absolute atomic E-state index is 0.160. The fourth-order valence-electron chi connectivity index (χ4n) is 3.99. The average molecular weight is 521 g/mol. The van der Waals surface area contributed by atoms with Crippen molar-refractivity contribution in [2.75, 3.05) is 19.8 Å². The second kappa shape index (κ2) is 19.8. The van der Waals surface area contributed by atoms with Gasteiger partial charge in [0.05, 0.1) is 13.2 Å². The maximum atomic E-state index is 12.3. The van der Waals surface area contributed by atoms with E-state index in [1.54, 1.807) is 6.92 Å². The van der Waals surface area contributed by atoms with Crippen molar-refractivity contribution in [2.24, 2.45) is 0 Å². The number of aliphatic hydroxyl groups is 4. The second-order valence-corrected chi connectivity index (χ2v) is 9.46. The van der Waals surface area contributed by atoms with Gasteiger partial charge in [0.1, 0.15) is 31.0 Å². The summed E-state index contributed by atoms with van der Waals surface area (Å²) < 4.78 is 21.3. The topological polar surface area (TPSA) is 152 Å². The lowest BCUT2D eigenvalue weighted by atomic mass is 9.99. The van der Waals surface area contributed by atoms with E-state index < -0.39 is 55.4 Å². The van der Waals surface area contributed by atoms with Gasteiger partial charge >= 0.3 is 11.9 Å². The number of rotatable bonds is 20. The predicted octanol–water partition coefficient (Wildman–Crippen LogP) is 2.37. The molecule has 0 aliphatic carbocycles. The molecule has 1 aliphatic heterocycles. The van der Waals surface area contributed by atoms with E-state index in [0.717, 1.165) is 19.3 Å². The molecule has 1 rings (SSSR count). The first kappa shape index (κ1) is 32.7. The molecule has 0 saturated carbocycles. The Labute approximate surface area is 215 Å². The molecule has 1 heterocycles. The first-order valence-corrected chi connectivity index (χ1v) is 13.6. The normalized spacial score (nSPS) is 24.9. The fraction of sp³-hybridized carbons (Fsp3) is 0.923. The van der Waals surface area contributed by atoms with E-state index in [1.807, 2.05) is 0 Å². The molecule has 0 bridgehead atoms. The van der Waals surface area contributed by atoms with Crippen LogP contribution in [-0.4, -0.2) is 89.0 Å². The minimum Gasteiger partial charge on any atom is -0.462 e. The van der Waals surface area contributed by atoms with Crippen molar-refractivity contribution in [2.45, 2.75) is 134 Å². The number of carbonyl (C=O) groups excluding carboxylic acids is 2. The van der Waals surface area contributed by atoms with Gasteiger partial charge in [-0.15, -0.1) is 0 Å². The second-order valence-electron chi connectivity index (χ2n) is 9.46. The van der Waals surface area contributed by atoms with E-state index in [2.05, 4.69) is 6.92 Å². The van der Waals surface area contributed by atoms with E-state index in [-0.39, 0.29) is 26.1 Å². The Morgan fingerprint density at radius 3 is 1.92 bits per heavy atom. The highest BCUT2D eigenvalue weighted by molar-refractivity contribution is 5.70. The Bertz CT molecular complexity index is 585. The van der Waals surface area contributed by atoms with Gasteiger partial charge in [-0.2, -0.15) is 0 Å². The quantitative estimate of drug-likeness (QED) is 0.139. The van der Waals surface area contributed by atoms with Crippen LogP contribution >= 0.6 is 0 Å². The first-order valence-electron chi connectivity index (χ1n) is 13.6. The molecule has 4 N–H and O–H groups in total. The Balaban J connectivity index is 2.36. The minimum atomic E-state index is -1.58. The summed E-state index contributed by atoms with van der Waals surface area (Å²) in [5.74, 6) is -0.907. The highest BCUT2D eigenvalue weighted by Gasteiger charge is 2.44. The highest BCUT2D eigenvalue weighted by atomic mass is 16.7. The van der Waals surface area contributed by atoms with E-state index in [1.165, 1.54) is 44.9 Å². The van der Waals surface area contributed by atoms with Gasteiger partial charge in [-0.25, -0.2) is 0 Å². The smallest absolute Gasteiger partial charge is 0.306 e. The summed E-state index contributed by atoms with van der Waals surface area (Å²) in [6, 6.07) is 0. The lowest BCUT2D eigenvalue weighted by Crippen LogP contribution is -2.59. The Morgan fingerprint density at radius 2 is 1.36 bits per heavy atom. The summed E-state index contributed by atoms with van der Waals surface area (Å²) in [6.45, 7) is 2.77. The van der Waals surface area contributed by atoms with Gasteiger partial charge in [0.2, 0.25) is 0 Å². The molecule has 0 radical (unpaired) electrons. The lowest BCUT2D eigenvalue weighted by molar-refractivity contribution is -0.305. The maximum absolute atomic E-state index is 12.3. The van der Waals surface area contributed by atoms with Crippen LogP contribution < -0.4 is 0 Å². The summed E-state index contributed by atoms with van der Waals surface area (Å²) >= 11 is 0. The molecule has 36 heavy (non-hydrogen) atoms. The molecule has 10 heteroatoms. The van der Waals surface area contributed by atoms with Crippen molar-refractivity contribution >= 4 is 11.9 Å². The maximum Gasteiger partial charge on any atom is 0.306 e. The van der Waals surface area contributed by atoms with E-state index in [0.29, 0.717) is 6.42 Å². The molecule has 0 amide bonds. The molecular weight excluding hydrogens is 472 g/mol. The zero-order chi connectivity index (χ0) is 26.8. The van der Waals surface area contributed by atoms with Gasteiger partial charge in [0.15, 0.2) is 12.4 Å². The molecule has 1 fully saturated rings. The summed E-state index contributed by atoms with van der Waals surface area (Å²) in [5, 5.41) is 39.2. The van der Waals surface area contributed by atoms with Gasteiger partial charge < -0.3 is 39.4 Å². The van der Waals surface area contributed by atoms with Crippen LogP contribution in [0.25, 0.3) is 0 Å². The SMILES string of the molecule is CCCCCCCCCCCCCC(=O)OC(COC(=O)CC)COC1OC(CO)C(O)C(O)C1O. The van der Waals surface area contributed by atoms with Crippen LogP contribution in [0, 0.1) is 0 Å². The van der Waals surface area contributed by atoms with E-state index >= 15 is 0 Å². The Hall–Kier alpha value is -1.30. The number of carbonyl (C=O) groups is 2. The first-order chi connectivity index (χ1) is 17.3. The monoisotopic (exact) mass is 520 g/mol. The zero-order valence-corrected chi connectivity index (χ0v) is 22.0. The van der Waals surface area contributed by atoms with E-state index in [4.69, 9.17) is 18.9 Å². The molecule has 10 nitrogen and oxygen atoms in total. The molecule has 0 spiro atoms. The van der Waals surface area contributed by atoms with Crippen LogP contribution in [0.15, 0.2) is 0 Å². The van der Waals surface area contributed by atoms with Gasteiger partial charge in [-0.05, 0) is 6.42 Å². The van der Waals surface area contributed by atoms with Gasteiger partial charge in [0, 0.05) is 12.8 Å². The Kier molecular flexibility index (Phi) is 18.0. The average Bonchev–Trinajstić information content (AvgIpc) is 2.88. The third kappa shape index (κ3) is 13.3. The predicted molar refractivity (Wildman–Crippen MR) is 132 cm³/mol. The van der Waals surface area contributed by atoms with Crippen molar-refractivity contribution in [1.82, 2.24) is 0 Å². The molecule has 1 saturated heterocycles. The van der Waals surface area contributed by atoms with Crippen molar-refractivity contribution < 1.29 is 49.0 Å². The standard InChI is InChI=1S/C26H48O10/c1-3-5-6-7-8-9-10-11-12-13-14-15-22(29)35-19(17-33-21(28)4-2)18-34-26-25(32)24(31)23(30)20(16-27)36-26/h19-20,23-27,30-32H,3-18H2,1-2H3. The molecular formula is C26H48O10. The van der Waals surface area contributed by atoms with Crippen LogP contribution in [-0.2, 0) is 28.5 Å².